The molecular weight excluding hydrogens is 233 g/mol. The van der Waals surface area contributed by atoms with Crippen LogP contribution in [0.5, 0.6) is 5.75 Å². The number of ether oxygens (including phenoxy) is 1. The molecule has 1 aromatic carbocycles. The highest BCUT2D eigenvalue weighted by molar-refractivity contribution is 5.69. The number of benzene rings is 1. The van der Waals surface area contributed by atoms with E-state index < -0.39 is 5.82 Å². The van der Waals surface area contributed by atoms with Crippen LogP contribution in [0.2, 0.25) is 0 Å². The molecule has 0 bridgehead atoms. The van der Waals surface area contributed by atoms with E-state index >= 15 is 0 Å². The van der Waals surface area contributed by atoms with E-state index in [1.807, 2.05) is 32.8 Å². The van der Waals surface area contributed by atoms with Crippen LogP contribution in [0.15, 0.2) is 12.1 Å². The first-order valence-corrected chi connectivity index (χ1v) is 6.07. The molecule has 102 valence electrons. The summed E-state index contributed by atoms with van der Waals surface area (Å²) in [6.45, 7) is 5.33. The maximum atomic E-state index is 13.7. The van der Waals surface area contributed by atoms with Gasteiger partial charge in [-0.1, -0.05) is 0 Å². The second-order valence-electron chi connectivity index (χ2n) is 4.53. The van der Waals surface area contributed by atoms with E-state index in [4.69, 9.17) is 10.5 Å². The second-order valence-corrected chi connectivity index (χ2v) is 4.53. The number of rotatable bonds is 6. The molecule has 0 saturated heterocycles. The van der Waals surface area contributed by atoms with Crippen molar-refractivity contribution < 1.29 is 9.13 Å². The lowest BCUT2D eigenvalue weighted by Crippen LogP contribution is -2.27. The number of hydrogen-bond donors (Lipinski definition) is 2. The van der Waals surface area contributed by atoms with Crippen LogP contribution >= 0.6 is 0 Å². The zero-order valence-electron chi connectivity index (χ0n) is 11.5. The Balaban J connectivity index is 2.96. The maximum Gasteiger partial charge on any atom is 0.167 e. The highest BCUT2D eigenvalue weighted by atomic mass is 19.1. The molecule has 0 aliphatic heterocycles. The molecule has 5 heteroatoms. The van der Waals surface area contributed by atoms with Crippen LogP contribution in [0.3, 0.4) is 0 Å². The van der Waals surface area contributed by atoms with Gasteiger partial charge in [0.15, 0.2) is 11.6 Å². The molecular formula is C13H22FN3O. The quantitative estimate of drug-likeness (QED) is 0.762. The van der Waals surface area contributed by atoms with Gasteiger partial charge >= 0.3 is 0 Å². The molecule has 0 spiro atoms. The SMILES string of the molecule is CNCCN(C)c1cc(OC(C)C)c(F)cc1N. The molecule has 0 fully saturated rings. The average Bonchev–Trinajstić information content (AvgIpc) is 2.29. The zero-order chi connectivity index (χ0) is 13.7. The van der Waals surface area contributed by atoms with Gasteiger partial charge in [0.1, 0.15) is 0 Å². The van der Waals surface area contributed by atoms with Crippen molar-refractivity contribution in [1.29, 1.82) is 0 Å². The van der Waals surface area contributed by atoms with Gasteiger partial charge in [-0.15, -0.1) is 0 Å². The number of hydrogen-bond acceptors (Lipinski definition) is 4. The first-order valence-electron chi connectivity index (χ1n) is 6.07. The van der Waals surface area contributed by atoms with Gasteiger partial charge in [-0.25, -0.2) is 4.39 Å². The number of halogens is 1. The van der Waals surface area contributed by atoms with Gasteiger partial charge in [-0.05, 0) is 20.9 Å². The van der Waals surface area contributed by atoms with Gasteiger partial charge < -0.3 is 20.7 Å². The molecule has 0 aromatic heterocycles. The summed E-state index contributed by atoms with van der Waals surface area (Å²) >= 11 is 0. The van der Waals surface area contributed by atoms with E-state index in [-0.39, 0.29) is 11.9 Å². The van der Waals surface area contributed by atoms with Crippen LogP contribution in [0.25, 0.3) is 0 Å². The van der Waals surface area contributed by atoms with Crippen molar-refractivity contribution in [3.63, 3.8) is 0 Å². The van der Waals surface area contributed by atoms with Crippen molar-refractivity contribution in [1.82, 2.24) is 5.32 Å². The van der Waals surface area contributed by atoms with Gasteiger partial charge in [-0.2, -0.15) is 0 Å². The van der Waals surface area contributed by atoms with Gasteiger partial charge in [0.05, 0.1) is 17.5 Å². The number of likely N-dealkylation sites (N-methyl/N-ethyl adjacent to an activating group) is 2. The van der Waals surface area contributed by atoms with Crippen LogP contribution in [0.4, 0.5) is 15.8 Å². The fraction of sp³-hybridized carbons (Fsp3) is 0.538. The summed E-state index contributed by atoms with van der Waals surface area (Å²) in [6.07, 6.45) is -0.0708. The minimum Gasteiger partial charge on any atom is -0.488 e. The van der Waals surface area contributed by atoms with Crippen LogP contribution in [-0.4, -0.2) is 33.3 Å². The third-order valence-electron chi connectivity index (χ3n) is 2.55. The topological polar surface area (TPSA) is 50.5 Å². The molecule has 0 amide bonds. The fourth-order valence-corrected chi connectivity index (χ4v) is 1.63. The summed E-state index contributed by atoms with van der Waals surface area (Å²) in [6, 6.07) is 2.96. The summed E-state index contributed by atoms with van der Waals surface area (Å²) in [5.74, 6) is -0.183. The third kappa shape index (κ3) is 3.77. The highest BCUT2D eigenvalue weighted by Crippen LogP contribution is 2.30. The van der Waals surface area contributed by atoms with Gasteiger partial charge in [0.2, 0.25) is 0 Å². The van der Waals surface area contributed by atoms with Crippen molar-refractivity contribution in [2.45, 2.75) is 20.0 Å². The Kier molecular flexibility index (Phi) is 5.22. The number of nitrogens with one attached hydrogen (secondary N) is 1. The van der Waals surface area contributed by atoms with Gasteiger partial charge in [-0.3, -0.25) is 0 Å². The lowest BCUT2D eigenvalue weighted by molar-refractivity contribution is 0.231. The molecule has 0 unspecified atom stereocenters. The van der Waals surface area contributed by atoms with Crippen LogP contribution in [0, 0.1) is 5.82 Å². The van der Waals surface area contributed by atoms with Gasteiger partial charge in [0.25, 0.3) is 0 Å². The van der Waals surface area contributed by atoms with Crippen molar-refractivity contribution in [2.24, 2.45) is 0 Å². The summed E-state index contributed by atoms with van der Waals surface area (Å²) < 4.78 is 19.1. The molecule has 0 aliphatic rings. The van der Waals surface area contributed by atoms with Gasteiger partial charge in [0, 0.05) is 32.3 Å². The molecule has 1 rings (SSSR count). The molecule has 0 radical (unpaired) electrons. The fourth-order valence-electron chi connectivity index (χ4n) is 1.63. The largest absolute Gasteiger partial charge is 0.488 e. The maximum absolute atomic E-state index is 13.7. The number of nitrogens with zero attached hydrogens (tertiary/aromatic N) is 1. The second kappa shape index (κ2) is 6.44. The molecule has 3 N–H and O–H groups in total. The van der Waals surface area contributed by atoms with Crippen molar-refractivity contribution in [3.8, 4) is 5.75 Å². The Bertz CT molecular complexity index is 396. The standard InChI is InChI=1S/C13H22FN3O/c1-9(2)18-13-8-12(11(15)7-10(13)14)17(4)6-5-16-3/h7-9,16H,5-6,15H2,1-4H3. The molecule has 0 heterocycles. The van der Waals surface area contributed by atoms with E-state index in [2.05, 4.69) is 5.32 Å². The van der Waals surface area contributed by atoms with Crippen molar-refractivity contribution >= 4 is 11.4 Å². The molecule has 4 nitrogen and oxygen atoms in total. The molecule has 0 saturated carbocycles. The summed E-state index contributed by atoms with van der Waals surface area (Å²) in [7, 11) is 3.80. The predicted octanol–water partition coefficient (Wildman–Crippen LogP) is 1.85. The minimum atomic E-state index is -0.424. The van der Waals surface area contributed by atoms with Crippen molar-refractivity contribution in [2.75, 3.05) is 37.8 Å². The lowest BCUT2D eigenvalue weighted by Gasteiger charge is -2.22. The Hall–Kier alpha value is -1.49. The van der Waals surface area contributed by atoms with Crippen LogP contribution < -0.4 is 20.7 Å². The summed E-state index contributed by atoms with van der Waals surface area (Å²) in [5.41, 5.74) is 7.03. The van der Waals surface area contributed by atoms with E-state index in [0.29, 0.717) is 5.69 Å². The third-order valence-corrected chi connectivity index (χ3v) is 2.55. The summed E-state index contributed by atoms with van der Waals surface area (Å²) in [5, 5.41) is 3.06. The number of anilines is 2. The Labute approximate surface area is 108 Å². The molecule has 18 heavy (non-hydrogen) atoms. The smallest absolute Gasteiger partial charge is 0.167 e. The summed E-state index contributed by atoms with van der Waals surface area (Å²) in [4.78, 5) is 1.97. The van der Waals surface area contributed by atoms with E-state index in [9.17, 15) is 4.39 Å². The first kappa shape index (κ1) is 14.6. The molecule has 0 atom stereocenters. The Morgan fingerprint density at radius 3 is 2.67 bits per heavy atom. The van der Waals surface area contributed by atoms with E-state index in [1.54, 1.807) is 6.07 Å². The lowest BCUT2D eigenvalue weighted by atomic mass is 10.2. The average molecular weight is 255 g/mol. The predicted molar refractivity (Wildman–Crippen MR) is 73.8 cm³/mol. The molecule has 0 aliphatic carbocycles. The van der Waals surface area contributed by atoms with Crippen LogP contribution in [-0.2, 0) is 0 Å². The Morgan fingerprint density at radius 2 is 2.11 bits per heavy atom. The van der Waals surface area contributed by atoms with Crippen molar-refractivity contribution in [3.05, 3.63) is 17.9 Å². The number of nitrogen functional groups attached to an aromatic ring is 1. The first-order chi connectivity index (χ1) is 8.45. The molecule has 1 aromatic rings. The highest BCUT2D eigenvalue weighted by Gasteiger charge is 2.13. The normalized spacial score (nSPS) is 10.8. The van der Waals surface area contributed by atoms with E-state index in [1.165, 1.54) is 6.07 Å². The Morgan fingerprint density at radius 1 is 1.44 bits per heavy atom. The zero-order valence-corrected chi connectivity index (χ0v) is 11.5. The number of nitrogens with two attached hydrogens (primary N) is 1. The monoisotopic (exact) mass is 255 g/mol. The van der Waals surface area contributed by atoms with E-state index in [0.717, 1.165) is 18.8 Å². The minimum absolute atomic E-state index is 0.0708. The van der Waals surface area contributed by atoms with Crippen LogP contribution in [0.1, 0.15) is 13.8 Å².